The highest BCUT2D eigenvalue weighted by Crippen LogP contribution is 2.36. The zero-order valence-electron chi connectivity index (χ0n) is 28.6. The Morgan fingerprint density at radius 1 is 0.958 bits per heavy atom. The van der Waals surface area contributed by atoms with Gasteiger partial charge in [-0.3, -0.25) is 0 Å². The molecule has 0 bridgehead atoms. The van der Waals surface area contributed by atoms with E-state index in [1.807, 2.05) is 52.8 Å². The van der Waals surface area contributed by atoms with Crippen molar-refractivity contribution in [3.8, 4) is 11.5 Å². The van der Waals surface area contributed by atoms with Gasteiger partial charge in [0.15, 0.2) is 18.4 Å². The zero-order valence-corrected chi connectivity index (χ0v) is 28.6. The summed E-state index contributed by atoms with van der Waals surface area (Å²) < 4.78 is 53.4. The van der Waals surface area contributed by atoms with Gasteiger partial charge in [0.2, 0.25) is 0 Å². The summed E-state index contributed by atoms with van der Waals surface area (Å²) in [5, 5.41) is 0. The van der Waals surface area contributed by atoms with Crippen LogP contribution in [0.4, 0.5) is 0 Å². The molecule has 0 saturated carbocycles. The van der Waals surface area contributed by atoms with Crippen molar-refractivity contribution < 1.29 is 52.2 Å². The Kier molecular flexibility index (Phi) is 11.3. The van der Waals surface area contributed by atoms with E-state index in [0.717, 1.165) is 0 Å². The van der Waals surface area contributed by atoms with Crippen molar-refractivity contribution in [2.45, 2.75) is 90.1 Å². The Morgan fingerprint density at radius 2 is 1.73 bits per heavy atom. The van der Waals surface area contributed by atoms with Gasteiger partial charge in [-0.1, -0.05) is 43.4 Å². The molecule has 0 aromatic heterocycles. The summed E-state index contributed by atoms with van der Waals surface area (Å²) in [5.74, 6) is -2.22. The molecular weight excluding hydrogens is 620 g/mol. The number of rotatable bonds is 8. The second-order valence-corrected chi connectivity index (χ2v) is 13.1. The lowest BCUT2D eigenvalue weighted by Crippen LogP contribution is -2.37. The van der Waals surface area contributed by atoms with Gasteiger partial charge in [-0.05, 0) is 70.9 Å². The van der Waals surface area contributed by atoms with Crippen molar-refractivity contribution in [3.63, 3.8) is 0 Å². The molecule has 2 aromatic carbocycles. The van der Waals surface area contributed by atoms with Gasteiger partial charge in [-0.2, -0.15) is 0 Å². The molecule has 0 radical (unpaired) electrons. The van der Waals surface area contributed by atoms with Gasteiger partial charge < -0.3 is 42.6 Å². The van der Waals surface area contributed by atoms with Crippen molar-refractivity contribution in [1.82, 2.24) is 0 Å². The fraction of sp³-hybridized carbons (Fsp3) is 0.514. The smallest absolute Gasteiger partial charge is 0.342 e. The van der Waals surface area contributed by atoms with Gasteiger partial charge in [0.1, 0.15) is 48.1 Å². The Hall–Kier alpha value is -3.74. The van der Waals surface area contributed by atoms with Gasteiger partial charge >= 0.3 is 11.9 Å². The third-order valence-electron chi connectivity index (χ3n) is 8.25. The van der Waals surface area contributed by atoms with E-state index in [9.17, 15) is 9.59 Å². The summed E-state index contributed by atoms with van der Waals surface area (Å²) >= 11 is 0. The maximum Gasteiger partial charge on any atom is 0.342 e. The lowest BCUT2D eigenvalue weighted by Gasteiger charge is -2.26. The number of fused-ring (bicyclic) bond motifs is 2. The van der Waals surface area contributed by atoms with Crippen LogP contribution in [0.15, 0.2) is 60.7 Å². The molecule has 5 unspecified atom stereocenters. The summed E-state index contributed by atoms with van der Waals surface area (Å²) in [6.45, 7) is 11.6. The number of carbonyl (C=O) groups excluding carboxylic acids is 2. The average Bonchev–Trinajstić information content (AvgIpc) is 3.56. The summed E-state index contributed by atoms with van der Waals surface area (Å²) in [6, 6.07) is 12.2. The summed E-state index contributed by atoms with van der Waals surface area (Å²) in [4.78, 5) is 27.0. The lowest BCUT2D eigenvalue weighted by atomic mass is 9.98. The normalized spacial score (nSPS) is 28.8. The monoisotopic (exact) mass is 666 g/mol. The zero-order chi connectivity index (χ0) is 34.5. The lowest BCUT2D eigenvalue weighted by molar-refractivity contribution is -0.152. The van der Waals surface area contributed by atoms with Crippen molar-refractivity contribution in [2.75, 3.05) is 27.1 Å². The molecule has 3 aliphatic rings. The molecule has 2 aromatic rings. The second-order valence-electron chi connectivity index (χ2n) is 13.1. The van der Waals surface area contributed by atoms with Crippen molar-refractivity contribution in [2.24, 2.45) is 5.92 Å². The second kappa shape index (κ2) is 15.2. The molecule has 2 saturated heterocycles. The van der Waals surface area contributed by atoms with Crippen LogP contribution < -0.4 is 9.47 Å². The minimum atomic E-state index is -0.930. The molecule has 0 amide bonds. The van der Waals surface area contributed by atoms with E-state index in [2.05, 4.69) is 0 Å². The third-order valence-corrected chi connectivity index (χ3v) is 8.25. The molecule has 6 atom stereocenters. The molecule has 0 spiro atoms. The molecule has 0 aliphatic carbocycles. The molecule has 3 heterocycles. The minimum Gasteiger partial charge on any atom is -0.491 e. The summed E-state index contributed by atoms with van der Waals surface area (Å²) in [6.07, 6.45) is 5.02. The van der Waals surface area contributed by atoms with Gasteiger partial charge in [-0.15, -0.1) is 0 Å². The maximum absolute atomic E-state index is 13.8. The van der Waals surface area contributed by atoms with Crippen LogP contribution in [-0.2, 0) is 33.2 Å². The predicted molar refractivity (Wildman–Crippen MR) is 176 cm³/mol. The van der Waals surface area contributed by atoms with Crippen LogP contribution in [0.3, 0.4) is 0 Å². The molecule has 5 rings (SSSR count). The number of carbonyl (C=O) groups is 2. The molecule has 2 fully saturated rings. The Balaban J connectivity index is 1.49. The first-order valence-corrected chi connectivity index (χ1v) is 16.3. The SMILES string of the molecule is COCOc1cc(OCC2COC(C)(C)O2)cc2c1C(=O)OC(C)[C@H](C)/C=C\C(OC(=O)c1ccccc1)C1OC(C)(C)OC1CC=C2. The number of hydrogen-bond acceptors (Lipinski definition) is 11. The van der Waals surface area contributed by atoms with Crippen LogP contribution in [0.1, 0.15) is 74.2 Å². The molecule has 0 N–H and O–H groups in total. The van der Waals surface area contributed by atoms with Crippen molar-refractivity contribution >= 4 is 18.0 Å². The quantitative estimate of drug-likeness (QED) is 0.185. The molecule has 260 valence electrons. The largest absolute Gasteiger partial charge is 0.491 e. The standard InChI is InChI=1S/C37H46O11/c1-23-16-17-29(45-34(38)25-12-9-8-10-13-25)33-30(47-37(5,6)48-33)15-11-14-26-18-27(41-20-28-21-43-36(3,4)46-28)19-31(42-22-40-7)32(26)35(39)44-24(23)2/h8-14,16-19,23-24,28-30,33H,15,20-22H2,1-7H3/b14-11?,17-16-/t23-,24?,28?,29?,30?,33?/m1/s1. The summed E-state index contributed by atoms with van der Waals surface area (Å²) in [7, 11) is 1.50. The highest BCUT2D eigenvalue weighted by atomic mass is 16.8. The van der Waals surface area contributed by atoms with Crippen LogP contribution >= 0.6 is 0 Å². The molecular formula is C37H46O11. The van der Waals surface area contributed by atoms with Crippen LogP contribution in [0, 0.1) is 5.92 Å². The van der Waals surface area contributed by atoms with Crippen LogP contribution in [0.25, 0.3) is 6.08 Å². The van der Waals surface area contributed by atoms with E-state index >= 15 is 0 Å². The topological polar surface area (TPSA) is 117 Å². The van der Waals surface area contributed by atoms with Crippen LogP contribution in [0.5, 0.6) is 11.5 Å². The first-order chi connectivity index (χ1) is 22.8. The number of hydrogen-bond donors (Lipinski definition) is 0. The van der Waals surface area contributed by atoms with E-state index in [1.165, 1.54) is 7.11 Å². The van der Waals surface area contributed by atoms with Crippen LogP contribution in [-0.4, -0.2) is 81.1 Å². The maximum atomic E-state index is 13.8. The average molecular weight is 667 g/mol. The van der Waals surface area contributed by atoms with Crippen molar-refractivity contribution in [1.29, 1.82) is 0 Å². The Bertz CT molecular complexity index is 1480. The predicted octanol–water partition coefficient (Wildman–Crippen LogP) is 6.10. The number of benzene rings is 2. The van der Waals surface area contributed by atoms with Crippen LogP contribution in [0.2, 0.25) is 0 Å². The highest BCUT2D eigenvalue weighted by molar-refractivity contribution is 5.97. The third kappa shape index (κ3) is 9.03. The minimum absolute atomic E-state index is 0.0948. The number of cyclic esters (lactones) is 1. The van der Waals surface area contributed by atoms with Crippen molar-refractivity contribution in [3.05, 3.63) is 77.4 Å². The number of ether oxygens (including phenoxy) is 9. The Morgan fingerprint density at radius 3 is 2.44 bits per heavy atom. The highest BCUT2D eigenvalue weighted by Gasteiger charge is 2.45. The fourth-order valence-electron chi connectivity index (χ4n) is 5.73. The van der Waals surface area contributed by atoms with Gasteiger partial charge in [0.05, 0.1) is 18.3 Å². The first-order valence-electron chi connectivity index (χ1n) is 16.3. The number of esters is 2. The molecule has 3 aliphatic heterocycles. The molecule has 11 heteroatoms. The number of methoxy groups -OCH3 is 1. The van der Waals surface area contributed by atoms with E-state index < -0.39 is 47.9 Å². The summed E-state index contributed by atoms with van der Waals surface area (Å²) in [5.41, 5.74) is 1.17. The van der Waals surface area contributed by atoms with E-state index in [1.54, 1.807) is 55.5 Å². The Labute approximate surface area is 282 Å². The van der Waals surface area contributed by atoms with E-state index in [-0.39, 0.29) is 36.7 Å². The van der Waals surface area contributed by atoms with Gasteiger partial charge in [0, 0.05) is 19.1 Å². The first kappa shape index (κ1) is 35.6. The molecule has 48 heavy (non-hydrogen) atoms. The fourth-order valence-corrected chi connectivity index (χ4v) is 5.73. The van der Waals surface area contributed by atoms with Gasteiger partial charge in [0.25, 0.3) is 0 Å². The van der Waals surface area contributed by atoms with E-state index in [0.29, 0.717) is 29.9 Å². The molecule has 11 nitrogen and oxygen atoms in total. The van der Waals surface area contributed by atoms with E-state index in [4.69, 9.17) is 42.6 Å². The van der Waals surface area contributed by atoms with Gasteiger partial charge in [-0.25, -0.2) is 9.59 Å².